The highest BCUT2D eigenvalue weighted by molar-refractivity contribution is 14.2. The molecule has 3 aliphatic heterocycles. The van der Waals surface area contributed by atoms with Crippen LogP contribution in [0, 0.1) is 23.2 Å². The molecule has 0 radical (unpaired) electrons. The van der Waals surface area contributed by atoms with Gasteiger partial charge in [0.1, 0.15) is 15.1 Å². The number of fused-ring (bicyclic) bond motifs is 2. The number of nitrogens with zero attached hydrogens (tertiary/aromatic N) is 4. The number of rotatable bonds is 6. The predicted molar refractivity (Wildman–Crippen MR) is 171 cm³/mol. The first-order valence-electron chi connectivity index (χ1n) is 13.7. The Morgan fingerprint density at radius 1 is 1.15 bits per heavy atom. The topological polar surface area (TPSA) is 90.2 Å². The predicted octanol–water partition coefficient (Wildman–Crippen LogP) is 6.38. The van der Waals surface area contributed by atoms with Gasteiger partial charge in [-0.3, -0.25) is 4.90 Å². The number of likely N-dealkylation sites (tertiary alicyclic amines) is 2. The van der Waals surface area contributed by atoms with E-state index in [0.717, 1.165) is 28.9 Å². The number of benzene rings is 2. The van der Waals surface area contributed by atoms with E-state index in [0.29, 0.717) is 35.2 Å². The van der Waals surface area contributed by atoms with E-state index in [4.69, 9.17) is 26.3 Å². The quantitative estimate of drug-likeness (QED) is 0.355. The standard InChI is InChI=1S/C31H35ClIN5O3/c1-20-28(33-19-35-29(20)36-26-11-10-22(13-34)12-25(26)32)40-27-23-15-37(14-21-8-6-5-7-9-21)16-24(27)18-38(17-23)30(39)41-31(2,3)4/h5-12,19,23-24,27H,14-18H2,1-4H3,(H,35,36). The van der Waals surface area contributed by atoms with Crippen LogP contribution in [0.25, 0.3) is 0 Å². The molecular weight excluding hydrogens is 653 g/mol. The molecule has 2 fully saturated rings. The number of anilines is 1. The number of carbonyl (C=O) groups is 1. The van der Waals surface area contributed by atoms with E-state index in [1.807, 2.05) is 42.9 Å². The number of piperidine rings is 2. The summed E-state index contributed by atoms with van der Waals surface area (Å²) < 4.78 is 15.5. The first kappa shape index (κ1) is 29.7. The highest BCUT2D eigenvalue weighted by atomic mass is 127. The fraction of sp³-hybridized carbons (Fsp3) is 0.419. The Morgan fingerprint density at radius 2 is 1.85 bits per heavy atom. The third kappa shape index (κ3) is 7.36. The monoisotopic (exact) mass is 687 g/mol. The van der Waals surface area contributed by atoms with Crippen molar-refractivity contribution in [2.75, 3.05) is 31.5 Å². The number of aliphatic imine (C=N–C) groups is 1. The van der Waals surface area contributed by atoms with E-state index < -0.39 is 26.3 Å². The zero-order valence-electron chi connectivity index (χ0n) is 23.7. The first-order valence-corrected chi connectivity index (χ1v) is 16.4. The van der Waals surface area contributed by atoms with Gasteiger partial charge in [0, 0.05) is 50.1 Å². The van der Waals surface area contributed by atoms with Crippen LogP contribution in [0.15, 0.2) is 64.9 Å². The van der Waals surface area contributed by atoms with E-state index >= 15 is 0 Å². The molecule has 41 heavy (non-hydrogen) atoms. The van der Waals surface area contributed by atoms with Crippen LogP contribution in [0.2, 0.25) is 5.02 Å². The highest BCUT2D eigenvalue weighted by Gasteiger charge is 2.46. The molecule has 1 N–H and O–H groups in total. The maximum absolute atomic E-state index is 13.0. The number of nitriles is 1. The zero-order chi connectivity index (χ0) is 29.1. The van der Waals surface area contributed by atoms with Crippen LogP contribution >= 0.6 is 32.3 Å². The van der Waals surface area contributed by atoms with Crippen LogP contribution in [0.4, 0.5) is 10.5 Å². The minimum atomic E-state index is -0.543. The van der Waals surface area contributed by atoms with Crippen molar-refractivity contribution in [1.82, 2.24) is 9.80 Å². The largest absolute Gasteiger partial charge is 0.444 e. The van der Waals surface area contributed by atoms with Gasteiger partial charge in [0.25, 0.3) is 0 Å². The molecule has 2 saturated heterocycles. The Bertz CT molecular complexity index is 1410. The fourth-order valence-corrected chi connectivity index (χ4v) is 7.56. The molecule has 5 rings (SSSR count). The van der Waals surface area contributed by atoms with E-state index in [9.17, 15) is 4.79 Å². The van der Waals surface area contributed by atoms with Crippen molar-refractivity contribution in [2.24, 2.45) is 16.8 Å². The van der Waals surface area contributed by atoms with E-state index in [1.54, 1.807) is 18.2 Å². The number of halogens is 2. The Morgan fingerprint density at radius 3 is 2.49 bits per heavy atom. The lowest BCUT2D eigenvalue weighted by atomic mass is 9.81. The molecule has 2 bridgehead atoms. The van der Waals surface area contributed by atoms with Crippen molar-refractivity contribution in [3.05, 3.63) is 76.1 Å². The molecular formula is C31H35ClIN5O3. The number of nitrogens with one attached hydrogen (secondary N) is 1. The van der Waals surface area contributed by atoms with E-state index in [-0.39, 0.29) is 24.0 Å². The smallest absolute Gasteiger partial charge is 0.410 e. The van der Waals surface area contributed by atoms with Crippen molar-refractivity contribution in [1.29, 1.82) is 5.26 Å². The number of ether oxygens (including phenoxy) is 2. The van der Waals surface area contributed by atoms with Crippen molar-refractivity contribution >= 4 is 52.0 Å². The van der Waals surface area contributed by atoms with Crippen LogP contribution in [-0.2, 0) is 16.0 Å². The van der Waals surface area contributed by atoms with Gasteiger partial charge in [0.2, 0.25) is 0 Å². The molecule has 2 atom stereocenters. The molecule has 0 spiro atoms. The van der Waals surface area contributed by atoms with Gasteiger partial charge in [-0.1, -0.05) is 41.9 Å². The van der Waals surface area contributed by atoms with E-state index in [2.05, 4.69) is 45.5 Å². The summed E-state index contributed by atoms with van der Waals surface area (Å²) >= 11 is 5.87. The summed E-state index contributed by atoms with van der Waals surface area (Å²) in [6, 6.07) is 17.8. The summed E-state index contributed by atoms with van der Waals surface area (Å²) in [5.41, 5.74) is 2.91. The fourth-order valence-electron chi connectivity index (χ4n) is 5.50. The van der Waals surface area contributed by atoms with Crippen LogP contribution < -0.4 is 5.32 Å². The average Bonchev–Trinajstić information content (AvgIpc) is 2.91. The van der Waals surface area contributed by atoms with Crippen molar-refractivity contribution < 1.29 is 14.3 Å². The van der Waals surface area contributed by atoms with Gasteiger partial charge in [-0.15, -0.1) is 0 Å². The molecule has 10 heteroatoms. The van der Waals surface area contributed by atoms with Crippen molar-refractivity contribution in [3.63, 3.8) is 0 Å². The maximum Gasteiger partial charge on any atom is 0.410 e. The zero-order valence-corrected chi connectivity index (χ0v) is 26.6. The maximum atomic E-state index is 13.0. The molecule has 3 heterocycles. The van der Waals surface area contributed by atoms with Gasteiger partial charge in [0.05, 0.1) is 32.7 Å². The second-order valence-electron chi connectivity index (χ2n) is 11.7. The Balaban J connectivity index is 1.34. The molecule has 0 saturated carbocycles. The number of carbonyl (C=O) groups excluding carboxylic acids is 1. The second-order valence-corrected chi connectivity index (χ2v) is 14.2. The molecule has 3 aliphatic rings. The summed E-state index contributed by atoms with van der Waals surface area (Å²) in [7, 11) is 0. The molecule has 1 amide bonds. The van der Waals surface area contributed by atoms with Gasteiger partial charge >= 0.3 is 6.09 Å². The Labute approximate surface area is 256 Å². The highest BCUT2D eigenvalue weighted by Crippen LogP contribution is 2.35. The molecule has 2 aromatic carbocycles. The normalized spacial score (nSPS) is 22.9. The summed E-state index contributed by atoms with van der Waals surface area (Å²) in [5.74, 6) is 0.983. The summed E-state index contributed by atoms with van der Waals surface area (Å²) in [5, 5.41) is 12.9. The lowest BCUT2D eigenvalue weighted by Crippen LogP contribution is -2.62. The van der Waals surface area contributed by atoms with Crippen LogP contribution in [-0.4, -0.2) is 61.7 Å². The molecule has 2 unspecified atom stereocenters. The molecule has 0 aliphatic carbocycles. The third-order valence-electron chi connectivity index (χ3n) is 7.29. The van der Waals surface area contributed by atoms with Crippen LogP contribution in [0.3, 0.4) is 0 Å². The second kappa shape index (κ2) is 12.6. The molecule has 216 valence electrons. The molecule has 2 aromatic rings. The summed E-state index contributed by atoms with van der Waals surface area (Å²) in [6.45, 7) is 11.5. The van der Waals surface area contributed by atoms with Gasteiger partial charge in [-0.25, -0.2) is 9.79 Å². The van der Waals surface area contributed by atoms with Crippen molar-refractivity contribution in [2.45, 2.75) is 45.9 Å². The molecule has 0 aromatic heterocycles. The van der Waals surface area contributed by atoms with Gasteiger partial charge in [-0.05, 0) is 72.2 Å². The van der Waals surface area contributed by atoms with Gasteiger partial charge in [0.15, 0.2) is 0 Å². The van der Waals surface area contributed by atoms with Crippen LogP contribution in [0.1, 0.15) is 38.8 Å². The van der Waals surface area contributed by atoms with Gasteiger partial charge < -0.3 is 19.7 Å². The number of hydrogen-bond acceptors (Lipinski definition) is 7. The summed E-state index contributed by atoms with van der Waals surface area (Å²) in [6.07, 6.45) is -0.259. The Hall–Kier alpha value is -2.78. The van der Waals surface area contributed by atoms with E-state index in [1.165, 1.54) is 5.56 Å². The SMILES string of the molecule is CC1=C(Nc2ccc(C#N)cc2Cl)N=CI=C1OC1C2CN(Cc3ccccc3)CC1CN(C(=O)OC(C)(C)C)C2. The van der Waals surface area contributed by atoms with Crippen LogP contribution in [0.5, 0.6) is 0 Å². The summed E-state index contributed by atoms with van der Waals surface area (Å²) in [4.78, 5) is 22.0. The minimum absolute atomic E-state index is 0.00314. The van der Waals surface area contributed by atoms with Gasteiger partial charge in [-0.2, -0.15) is 5.26 Å². The average molecular weight is 688 g/mol. The minimum Gasteiger partial charge on any atom is -0.444 e. The lowest BCUT2D eigenvalue weighted by molar-refractivity contribution is -0.0741. The third-order valence-corrected chi connectivity index (χ3v) is 9.79. The van der Waals surface area contributed by atoms with Crippen molar-refractivity contribution in [3.8, 4) is 6.07 Å². The molecule has 8 nitrogen and oxygen atoms in total. The first-order chi connectivity index (χ1) is 19.6. The Kier molecular flexibility index (Phi) is 9.14. The lowest BCUT2D eigenvalue weighted by Gasteiger charge is -2.50. The number of hydrogen-bond donors (Lipinski definition) is 1. The number of amides is 1.